The molecule has 6 nitrogen and oxygen atoms in total. The third-order valence-corrected chi connectivity index (χ3v) is 5.56. The molecule has 1 aromatic carbocycles. The maximum atomic E-state index is 12.8. The van der Waals surface area contributed by atoms with E-state index in [9.17, 15) is 4.79 Å². The van der Waals surface area contributed by atoms with E-state index in [2.05, 4.69) is 27.8 Å². The Balaban J connectivity index is 1.31. The standard InChI is InChI=1S/C22H27N5O/c1-17-13-18(2)27(24-17)15-20-7-10-26(11-8-20)22(28)21-5-3-19(4-6-21)14-25-12-9-23-16-25/h3-6,9,12-13,16,20H,7-8,10-11,14-15H2,1-2H3. The van der Waals surface area contributed by atoms with Gasteiger partial charge in [0.25, 0.3) is 5.91 Å². The lowest BCUT2D eigenvalue weighted by molar-refractivity contribution is 0.0681. The van der Waals surface area contributed by atoms with Crippen LogP contribution in [-0.2, 0) is 13.1 Å². The molecule has 0 radical (unpaired) electrons. The summed E-state index contributed by atoms with van der Waals surface area (Å²) >= 11 is 0. The normalized spacial score (nSPS) is 15.1. The van der Waals surface area contributed by atoms with Crippen LogP contribution in [0.5, 0.6) is 0 Å². The molecule has 3 heterocycles. The van der Waals surface area contributed by atoms with E-state index in [1.165, 1.54) is 5.69 Å². The fourth-order valence-electron chi connectivity index (χ4n) is 3.95. The third-order valence-electron chi connectivity index (χ3n) is 5.56. The first kappa shape index (κ1) is 18.5. The zero-order valence-electron chi connectivity index (χ0n) is 16.6. The Morgan fingerprint density at radius 3 is 2.50 bits per heavy atom. The molecule has 4 rings (SSSR count). The molecule has 0 atom stereocenters. The van der Waals surface area contributed by atoms with Gasteiger partial charge < -0.3 is 9.47 Å². The first-order valence-electron chi connectivity index (χ1n) is 9.93. The molecule has 6 heteroatoms. The van der Waals surface area contributed by atoms with E-state index in [-0.39, 0.29) is 5.91 Å². The van der Waals surface area contributed by atoms with Crippen LogP contribution in [0.25, 0.3) is 0 Å². The van der Waals surface area contributed by atoms with E-state index >= 15 is 0 Å². The summed E-state index contributed by atoms with van der Waals surface area (Å²) in [5, 5.41) is 4.57. The van der Waals surface area contributed by atoms with Crippen molar-refractivity contribution in [2.75, 3.05) is 13.1 Å². The Morgan fingerprint density at radius 2 is 1.89 bits per heavy atom. The monoisotopic (exact) mass is 377 g/mol. The highest BCUT2D eigenvalue weighted by atomic mass is 16.2. The molecule has 28 heavy (non-hydrogen) atoms. The van der Waals surface area contributed by atoms with Gasteiger partial charge in [0.05, 0.1) is 12.0 Å². The number of imidazole rings is 1. The molecular weight excluding hydrogens is 350 g/mol. The van der Waals surface area contributed by atoms with E-state index in [0.29, 0.717) is 5.92 Å². The molecule has 0 N–H and O–H groups in total. The first-order valence-corrected chi connectivity index (χ1v) is 9.93. The second kappa shape index (κ2) is 8.00. The number of nitrogens with zero attached hydrogens (tertiary/aromatic N) is 5. The number of carbonyl (C=O) groups is 1. The highest BCUT2D eigenvalue weighted by Gasteiger charge is 2.24. The number of aromatic nitrogens is 4. The average molecular weight is 377 g/mol. The van der Waals surface area contributed by atoms with Gasteiger partial charge in [-0.1, -0.05) is 12.1 Å². The van der Waals surface area contributed by atoms with Gasteiger partial charge in [0.1, 0.15) is 0 Å². The van der Waals surface area contributed by atoms with Gasteiger partial charge in [0, 0.05) is 49.8 Å². The summed E-state index contributed by atoms with van der Waals surface area (Å²) in [5.74, 6) is 0.721. The fraction of sp³-hybridized carbons (Fsp3) is 0.409. The van der Waals surface area contributed by atoms with Crippen LogP contribution >= 0.6 is 0 Å². The molecule has 3 aromatic rings. The molecule has 0 aliphatic carbocycles. The number of hydrogen-bond donors (Lipinski definition) is 0. The molecule has 1 fully saturated rings. The summed E-state index contributed by atoms with van der Waals surface area (Å²) in [6.07, 6.45) is 7.58. The zero-order valence-corrected chi connectivity index (χ0v) is 16.6. The summed E-state index contributed by atoms with van der Waals surface area (Å²) < 4.78 is 4.13. The van der Waals surface area contributed by atoms with Crippen molar-refractivity contribution in [1.82, 2.24) is 24.2 Å². The second-order valence-corrected chi connectivity index (χ2v) is 7.78. The number of amides is 1. The number of rotatable bonds is 5. The Kier molecular flexibility index (Phi) is 5.28. The summed E-state index contributed by atoms with van der Waals surface area (Å²) in [6, 6.07) is 10.1. The Bertz CT molecular complexity index is 919. The minimum absolute atomic E-state index is 0.138. The maximum absolute atomic E-state index is 12.8. The van der Waals surface area contributed by atoms with Crippen LogP contribution in [-0.4, -0.2) is 43.2 Å². The van der Waals surface area contributed by atoms with Crippen molar-refractivity contribution in [3.63, 3.8) is 0 Å². The van der Waals surface area contributed by atoms with Crippen molar-refractivity contribution in [3.05, 3.63) is 71.6 Å². The van der Waals surface area contributed by atoms with Crippen LogP contribution in [0, 0.1) is 19.8 Å². The van der Waals surface area contributed by atoms with Crippen molar-refractivity contribution in [2.24, 2.45) is 5.92 Å². The van der Waals surface area contributed by atoms with Gasteiger partial charge in [-0.3, -0.25) is 9.48 Å². The average Bonchev–Trinajstić information content (AvgIpc) is 3.32. The maximum Gasteiger partial charge on any atom is 0.253 e. The van der Waals surface area contributed by atoms with Crippen molar-refractivity contribution in [1.29, 1.82) is 0 Å². The molecule has 1 aliphatic heterocycles. The Hall–Kier alpha value is -2.89. The quantitative estimate of drug-likeness (QED) is 0.686. The SMILES string of the molecule is Cc1cc(C)n(CC2CCN(C(=O)c3ccc(Cn4ccnc4)cc3)CC2)n1. The van der Waals surface area contributed by atoms with Gasteiger partial charge in [-0.2, -0.15) is 5.10 Å². The van der Waals surface area contributed by atoms with Crippen LogP contribution in [0.4, 0.5) is 0 Å². The van der Waals surface area contributed by atoms with Crippen molar-refractivity contribution >= 4 is 5.91 Å². The van der Waals surface area contributed by atoms with Crippen LogP contribution in [0.3, 0.4) is 0 Å². The molecule has 0 saturated carbocycles. The molecule has 1 amide bonds. The molecule has 1 aliphatic rings. The van der Waals surface area contributed by atoms with E-state index in [1.807, 2.05) is 46.9 Å². The highest BCUT2D eigenvalue weighted by molar-refractivity contribution is 5.94. The minimum Gasteiger partial charge on any atom is -0.339 e. The van der Waals surface area contributed by atoms with E-state index in [1.54, 1.807) is 12.5 Å². The lowest BCUT2D eigenvalue weighted by atomic mass is 9.96. The van der Waals surface area contributed by atoms with E-state index in [0.717, 1.165) is 55.8 Å². The summed E-state index contributed by atoms with van der Waals surface area (Å²) in [5.41, 5.74) is 4.22. The highest BCUT2D eigenvalue weighted by Crippen LogP contribution is 2.21. The summed E-state index contributed by atoms with van der Waals surface area (Å²) in [6.45, 7) is 7.50. The van der Waals surface area contributed by atoms with Gasteiger partial charge in [-0.25, -0.2) is 4.98 Å². The van der Waals surface area contributed by atoms with Gasteiger partial charge in [-0.15, -0.1) is 0 Å². The minimum atomic E-state index is 0.138. The van der Waals surface area contributed by atoms with Crippen molar-refractivity contribution in [2.45, 2.75) is 39.8 Å². The lowest BCUT2D eigenvalue weighted by Gasteiger charge is -2.32. The van der Waals surface area contributed by atoms with Gasteiger partial charge in [0.2, 0.25) is 0 Å². The fourth-order valence-corrected chi connectivity index (χ4v) is 3.95. The third kappa shape index (κ3) is 4.16. The number of piperidine rings is 1. The summed E-state index contributed by atoms with van der Waals surface area (Å²) in [7, 11) is 0. The van der Waals surface area contributed by atoms with Crippen LogP contribution < -0.4 is 0 Å². The van der Waals surface area contributed by atoms with E-state index in [4.69, 9.17) is 0 Å². The number of aryl methyl sites for hydroxylation is 2. The number of carbonyl (C=O) groups excluding carboxylic acids is 1. The van der Waals surface area contributed by atoms with Crippen molar-refractivity contribution < 1.29 is 4.79 Å². The molecule has 1 saturated heterocycles. The summed E-state index contributed by atoms with van der Waals surface area (Å²) in [4.78, 5) is 18.9. The number of hydrogen-bond acceptors (Lipinski definition) is 3. The molecule has 2 aromatic heterocycles. The Labute approximate surface area is 165 Å². The number of likely N-dealkylation sites (tertiary alicyclic amines) is 1. The molecule has 0 spiro atoms. The largest absolute Gasteiger partial charge is 0.339 e. The van der Waals surface area contributed by atoms with E-state index < -0.39 is 0 Å². The van der Waals surface area contributed by atoms with Crippen molar-refractivity contribution in [3.8, 4) is 0 Å². The van der Waals surface area contributed by atoms with Crippen LogP contribution in [0.1, 0.15) is 40.2 Å². The molecular formula is C22H27N5O. The van der Waals surface area contributed by atoms with Crippen LogP contribution in [0.2, 0.25) is 0 Å². The zero-order chi connectivity index (χ0) is 19.5. The van der Waals surface area contributed by atoms with Gasteiger partial charge in [0.15, 0.2) is 0 Å². The molecule has 0 unspecified atom stereocenters. The molecule has 0 bridgehead atoms. The number of benzene rings is 1. The lowest BCUT2D eigenvalue weighted by Crippen LogP contribution is -2.39. The second-order valence-electron chi connectivity index (χ2n) is 7.78. The molecule has 146 valence electrons. The Morgan fingerprint density at radius 1 is 1.14 bits per heavy atom. The predicted octanol–water partition coefficient (Wildman–Crippen LogP) is 3.30. The first-order chi connectivity index (χ1) is 13.6. The smallest absolute Gasteiger partial charge is 0.253 e. The van der Waals surface area contributed by atoms with Gasteiger partial charge >= 0.3 is 0 Å². The van der Waals surface area contributed by atoms with Gasteiger partial charge in [-0.05, 0) is 56.4 Å². The van der Waals surface area contributed by atoms with Crippen LogP contribution in [0.15, 0.2) is 49.1 Å². The predicted molar refractivity (Wildman–Crippen MR) is 108 cm³/mol. The topological polar surface area (TPSA) is 56.0 Å².